The first kappa shape index (κ1) is 16.3. The zero-order chi connectivity index (χ0) is 18.1. The Hall–Kier alpha value is -3.21. The van der Waals surface area contributed by atoms with Gasteiger partial charge in [-0.2, -0.15) is 0 Å². The Bertz CT molecular complexity index is 966. The molecule has 130 valence electrons. The number of hydrogen-bond donors (Lipinski definition) is 1. The van der Waals surface area contributed by atoms with Crippen molar-refractivity contribution in [3.05, 3.63) is 77.1 Å². The Morgan fingerprint density at radius 3 is 2.65 bits per heavy atom. The van der Waals surface area contributed by atoms with Crippen LogP contribution in [0.1, 0.15) is 27.0 Å². The van der Waals surface area contributed by atoms with E-state index in [2.05, 4.69) is 32.3 Å². The minimum Gasteiger partial charge on any atom is -0.322 e. The van der Waals surface area contributed by atoms with Crippen molar-refractivity contribution in [2.75, 3.05) is 16.8 Å². The average molecular weight is 344 g/mol. The van der Waals surface area contributed by atoms with E-state index in [0.717, 1.165) is 35.5 Å². The summed E-state index contributed by atoms with van der Waals surface area (Å²) in [6.07, 6.45) is 4.15. The maximum atomic E-state index is 12.5. The largest absolute Gasteiger partial charge is 0.322 e. The number of hydrogen-bond acceptors (Lipinski definition) is 4. The van der Waals surface area contributed by atoms with Crippen LogP contribution in [0.25, 0.3) is 0 Å². The molecule has 0 saturated carbocycles. The molecule has 0 radical (unpaired) electrons. The van der Waals surface area contributed by atoms with Crippen molar-refractivity contribution in [2.45, 2.75) is 20.3 Å². The number of rotatable bonds is 3. The number of para-hydroxylation sites is 1. The summed E-state index contributed by atoms with van der Waals surface area (Å²) in [5.41, 5.74) is 5.82. The Morgan fingerprint density at radius 1 is 1.08 bits per heavy atom. The topological polar surface area (TPSA) is 58.1 Å². The summed E-state index contributed by atoms with van der Waals surface area (Å²) >= 11 is 0. The fourth-order valence-corrected chi connectivity index (χ4v) is 3.19. The Morgan fingerprint density at radius 2 is 1.85 bits per heavy atom. The van der Waals surface area contributed by atoms with Crippen LogP contribution in [0.2, 0.25) is 0 Å². The second-order valence-electron chi connectivity index (χ2n) is 6.57. The molecule has 26 heavy (non-hydrogen) atoms. The zero-order valence-corrected chi connectivity index (χ0v) is 14.9. The molecule has 5 nitrogen and oxygen atoms in total. The molecular formula is C21H20N4O. The number of amides is 1. The monoisotopic (exact) mass is 344 g/mol. The fraction of sp³-hybridized carbons (Fsp3) is 0.190. The molecule has 1 aliphatic heterocycles. The van der Waals surface area contributed by atoms with E-state index in [0.29, 0.717) is 11.5 Å². The molecule has 1 N–H and O–H groups in total. The van der Waals surface area contributed by atoms with E-state index >= 15 is 0 Å². The summed E-state index contributed by atoms with van der Waals surface area (Å²) in [6, 6.07) is 14.2. The van der Waals surface area contributed by atoms with E-state index in [9.17, 15) is 4.79 Å². The number of fused-ring (bicyclic) bond motifs is 1. The summed E-state index contributed by atoms with van der Waals surface area (Å²) in [7, 11) is 0. The first-order valence-electron chi connectivity index (χ1n) is 8.68. The number of anilines is 3. The van der Waals surface area contributed by atoms with Gasteiger partial charge in [-0.15, -0.1) is 0 Å². The first-order valence-corrected chi connectivity index (χ1v) is 8.68. The number of benzene rings is 2. The van der Waals surface area contributed by atoms with Crippen molar-refractivity contribution >= 4 is 23.2 Å². The highest BCUT2D eigenvalue weighted by Crippen LogP contribution is 2.31. The van der Waals surface area contributed by atoms with E-state index in [1.807, 2.05) is 44.2 Å². The minimum atomic E-state index is -0.202. The van der Waals surface area contributed by atoms with Crippen molar-refractivity contribution in [3.8, 4) is 0 Å². The fourth-order valence-electron chi connectivity index (χ4n) is 3.19. The minimum absolute atomic E-state index is 0.202. The standard InChI is InChI=1S/C21H20N4O/c1-14-7-8-15(2)18(11-14)24-20(26)17-12-22-21(23-13-17)25-10-9-16-5-3-4-6-19(16)25/h3-8,11-13H,9-10H2,1-2H3,(H,24,26). The zero-order valence-electron chi connectivity index (χ0n) is 14.9. The van der Waals surface area contributed by atoms with Crippen LogP contribution < -0.4 is 10.2 Å². The van der Waals surface area contributed by atoms with Gasteiger partial charge in [0.25, 0.3) is 5.91 Å². The van der Waals surface area contributed by atoms with Crippen LogP contribution in [0, 0.1) is 13.8 Å². The second kappa shape index (κ2) is 6.59. The highest BCUT2D eigenvalue weighted by molar-refractivity contribution is 6.04. The Labute approximate surface area is 152 Å². The third-order valence-electron chi connectivity index (χ3n) is 4.67. The molecule has 1 aliphatic rings. The lowest BCUT2D eigenvalue weighted by atomic mass is 10.1. The van der Waals surface area contributed by atoms with Gasteiger partial charge in [0.15, 0.2) is 0 Å². The molecule has 3 aromatic rings. The van der Waals surface area contributed by atoms with Gasteiger partial charge in [0.1, 0.15) is 0 Å². The number of carbonyl (C=O) groups is 1. The van der Waals surface area contributed by atoms with Crippen LogP contribution in [0.5, 0.6) is 0 Å². The summed E-state index contributed by atoms with van der Waals surface area (Å²) in [4.78, 5) is 23.4. The van der Waals surface area contributed by atoms with Crippen molar-refractivity contribution in [2.24, 2.45) is 0 Å². The van der Waals surface area contributed by atoms with Crippen LogP contribution in [0.15, 0.2) is 54.9 Å². The average Bonchev–Trinajstić information content (AvgIpc) is 3.09. The summed E-state index contributed by atoms with van der Waals surface area (Å²) in [5.74, 6) is 0.422. The molecule has 0 aliphatic carbocycles. The van der Waals surface area contributed by atoms with Gasteiger partial charge in [0.05, 0.1) is 5.56 Å². The number of nitrogens with one attached hydrogen (secondary N) is 1. The molecule has 5 heteroatoms. The van der Waals surface area contributed by atoms with Crippen LogP contribution in [0.3, 0.4) is 0 Å². The van der Waals surface area contributed by atoms with Gasteiger partial charge < -0.3 is 10.2 Å². The van der Waals surface area contributed by atoms with E-state index in [4.69, 9.17) is 0 Å². The maximum absolute atomic E-state index is 12.5. The molecule has 4 rings (SSSR count). The first-order chi connectivity index (χ1) is 12.6. The van der Waals surface area contributed by atoms with Gasteiger partial charge in [0.2, 0.25) is 5.95 Å². The van der Waals surface area contributed by atoms with Crippen molar-refractivity contribution < 1.29 is 4.79 Å². The van der Waals surface area contributed by atoms with Gasteiger partial charge in [0, 0.05) is 30.3 Å². The predicted molar refractivity (Wildman–Crippen MR) is 103 cm³/mol. The Balaban J connectivity index is 1.53. The molecule has 0 spiro atoms. The summed E-state index contributed by atoms with van der Waals surface area (Å²) in [5, 5.41) is 2.94. The normalized spacial score (nSPS) is 12.8. The predicted octanol–water partition coefficient (Wildman–Crippen LogP) is 4.04. The van der Waals surface area contributed by atoms with Crippen LogP contribution in [-0.2, 0) is 6.42 Å². The van der Waals surface area contributed by atoms with Gasteiger partial charge in [-0.25, -0.2) is 9.97 Å². The van der Waals surface area contributed by atoms with Gasteiger partial charge in [-0.05, 0) is 49.1 Å². The maximum Gasteiger partial charge on any atom is 0.258 e. The molecule has 1 amide bonds. The van der Waals surface area contributed by atoms with Gasteiger partial charge in [-0.3, -0.25) is 4.79 Å². The third kappa shape index (κ3) is 3.04. The highest BCUT2D eigenvalue weighted by atomic mass is 16.1. The Kier molecular flexibility index (Phi) is 4.13. The van der Waals surface area contributed by atoms with Crippen molar-refractivity contribution in [1.82, 2.24) is 9.97 Å². The lowest BCUT2D eigenvalue weighted by Crippen LogP contribution is -2.18. The van der Waals surface area contributed by atoms with Crippen LogP contribution in [0.4, 0.5) is 17.3 Å². The molecule has 0 saturated heterocycles. The molecule has 0 bridgehead atoms. The number of carbonyl (C=O) groups excluding carboxylic acids is 1. The smallest absolute Gasteiger partial charge is 0.258 e. The molecule has 0 unspecified atom stereocenters. The van der Waals surface area contributed by atoms with Crippen LogP contribution in [-0.4, -0.2) is 22.4 Å². The SMILES string of the molecule is Cc1ccc(C)c(NC(=O)c2cnc(N3CCc4ccccc43)nc2)c1. The van der Waals surface area contributed by atoms with Crippen LogP contribution >= 0.6 is 0 Å². The quantitative estimate of drug-likeness (QED) is 0.779. The summed E-state index contributed by atoms with van der Waals surface area (Å²) in [6.45, 7) is 4.83. The number of nitrogens with zero attached hydrogens (tertiary/aromatic N) is 3. The number of aromatic nitrogens is 2. The van der Waals surface area contributed by atoms with Gasteiger partial charge >= 0.3 is 0 Å². The van der Waals surface area contributed by atoms with E-state index in [1.54, 1.807) is 12.4 Å². The van der Waals surface area contributed by atoms with Gasteiger partial charge in [-0.1, -0.05) is 30.3 Å². The number of aryl methyl sites for hydroxylation is 2. The molecular weight excluding hydrogens is 324 g/mol. The lowest BCUT2D eigenvalue weighted by molar-refractivity contribution is 0.102. The van der Waals surface area contributed by atoms with E-state index in [-0.39, 0.29) is 5.91 Å². The second-order valence-corrected chi connectivity index (χ2v) is 6.57. The molecule has 0 atom stereocenters. The molecule has 0 fully saturated rings. The third-order valence-corrected chi connectivity index (χ3v) is 4.67. The summed E-state index contributed by atoms with van der Waals surface area (Å²) < 4.78 is 0. The van der Waals surface area contributed by atoms with E-state index in [1.165, 1.54) is 5.56 Å². The van der Waals surface area contributed by atoms with Crippen molar-refractivity contribution in [1.29, 1.82) is 0 Å². The highest BCUT2D eigenvalue weighted by Gasteiger charge is 2.22. The van der Waals surface area contributed by atoms with Crippen molar-refractivity contribution in [3.63, 3.8) is 0 Å². The molecule has 2 aromatic carbocycles. The molecule has 1 aromatic heterocycles. The van der Waals surface area contributed by atoms with E-state index < -0.39 is 0 Å². The lowest BCUT2D eigenvalue weighted by Gasteiger charge is -2.17. The molecule has 2 heterocycles.